The number of para-hydroxylation sites is 1. The zero-order chi connectivity index (χ0) is 14.7. The summed E-state index contributed by atoms with van der Waals surface area (Å²) in [6, 6.07) is 12.2. The van der Waals surface area contributed by atoms with E-state index in [1.54, 1.807) is 4.52 Å². The molecule has 0 aliphatic carbocycles. The molecule has 0 unspecified atom stereocenters. The van der Waals surface area contributed by atoms with E-state index in [1.807, 2.05) is 31.2 Å². The van der Waals surface area contributed by atoms with Crippen molar-refractivity contribution < 1.29 is 0 Å². The number of nitrogens with two attached hydrogens (primary N) is 1. The molecule has 3 aromatic rings. The predicted octanol–water partition coefficient (Wildman–Crippen LogP) is 1.92. The van der Waals surface area contributed by atoms with E-state index in [2.05, 4.69) is 32.1 Å². The van der Waals surface area contributed by atoms with Crippen LogP contribution in [0.1, 0.15) is 12.1 Å². The van der Waals surface area contributed by atoms with Gasteiger partial charge in [-0.05, 0) is 32.0 Å². The van der Waals surface area contributed by atoms with Crippen LogP contribution < -0.4 is 10.6 Å². The second kappa shape index (κ2) is 5.88. The maximum absolute atomic E-state index is 5.68. The van der Waals surface area contributed by atoms with Gasteiger partial charge < -0.3 is 10.6 Å². The summed E-state index contributed by atoms with van der Waals surface area (Å²) in [6.07, 6.45) is 2.42. The standard InChI is InChI=1S/C15H18N6/c1-12-10-14(21-15(19-12)17-11-18-21)20(9-5-8-16)13-6-3-2-4-7-13/h2-4,6-7,10-11H,5,8-9,16H2,1H3. The van der Waals surface area contributed by atoms with Crippen molar-refractivity contribution in [3.63, 3.8) is 0 Å². The fourth-order valence-electron chi connectivity index (χ4n) is 2.34. The lowest BCUT2D eigenvalue weighted by Crippen LogP contribution is -2.23. The molecule has 2 N–H and O–H groups in total. The molecule has 0 amide bonds. The lowest BCUT2D eigenvalue weighted by molar-refractivity contribution is 0.787. The monoisotopic (exact) mass is 282 g/mol. The summed E-state index contributed by atoms with van der Waals surface area (Å²) < 4.78 is 1.76. The van der Waals surface area contributed by atoms with Crippen LogP contribution in [0.5, 0.6) is 0 Å². The molecule has 21 heavy (non-hydrogen) atoms. The van der Waals surface area contributed by atoms with E-state index in [4.69, 9.17) is 5.73 Å². The topological polar surface area (TPSA) is 72.3 Å². The van der Waals surface area contributed by atoms with Crippen molar-refractivity contribution in [1.82, 2.24) is 19.6 Å². The van der Waals surface area contributed by atoms with Crippen molar-refractivity contribution in [2.75, 3.05) is 18.0 Å². The van der Waals surface area contributed by atoms with Crippen LogP contribution in [0.25, 0.3) is 5.78 Å². The van der Waals surface area contributed by atoms with Crippen LogP contribution in [0, 0.1) is 6.92 Å². The van der Waals surface area contributed by atoms with E-state index in [9.17, 15) is 0 Å². The fraction of sp³-hybridized carbons (Fsp3) is 0.267. The van der Waals surface area contributed by atoms with Gasteiger partial charge in [-0.25, -0.2) is 4.98 Å². The average Bonchev–Trinajstić information content (AvgIpc) is 2.96. The smallest absolute Gasteiger partial charge is 0.254 e. The number of aryl methyl sites for hydroxylation is 1. The summed E-state index contributed by atoms with van der Waals surface area (Å²) in [6.45, 7) is 3.43. The summed E-state index contributed by atoms with van der Waals surface area (Å²) in [4.78, 5) is 10.8. The Labute approximate surface area is 123 Å². The van der Waals surface area contributed by atoms with Gasteiger partial charge in [0.15, 0.2) is 0 Å². The van der Waals surface area contributed by atoms with Crippen LogP contribution in [-0.2, 0) is 0 Å². The van der Waals surface area contributed by atoms with E-state index < -0.39 is 0 Å². The molecule has 0 radical (unpaired) electrons. The Kier molecular flexibility index (Phi) is 3.79. The Morgan fingerprint density at radius 2 is 2.05 bits per heavy atom. The molecule has 6 nitrogen and oxygen atoms in total. The summed E-state index contributed by atoms with van der Waals surface area (Å²) in [5.41, 5.74) is 7.70. The van der Waals surface area contributed by atoms with Gasteiger partial charge in [-0.3, -0.25) is 0 Å². The van der Waals surface area contributed by atoms with Crippen molar-refractivity contribution in [3.8, 4) is 0 Å². The number of nitrogens with zero attached hydrogens (tertiary/aromatic N) is 5. The average molecular weight is 282 g/mol. The Bertz CT molecular complexity index is 721. The van der Waals surface area contributed by atoms with Gasteiger partial charge in [0.1, 0.15) is 12.1 Å². The first-order chi connectivity index (χ1) is 10.3. The van der Waals surface area contributed by atoms with Gasteiger partial charge in [0.05, 0.1) is 0 Å². The number of rotatable bonds is 5. The van der Waals surface area contributed by atoms with Crippen LogP contribution in [0.3, 0.4) is 0 Å². The van der Waals surface area contributed by atoms with Crippen molar-refractivity contribution in [3.05, 3.63) is 48.4 Å². The molecule has 2 heterocycles. The minimum atomic E-state index is 0.610. The Morgan fingerprint density at radius 3 is 2.81 bits per heavy atom. The second-order valence-electron chi connectivity index (χ2n) is 4.86. The number of aromatic nitrogens is 4. The third-order valence-electron chi connectivity index (χ3n) is 3.29. The van der Waals surface area contributed by atoms with Gasteiger partial charge >= 0.3 is 0 Å². The molecule has 0 fully saturated rings. The van der Waals surface area contributed by atoms with Gasteiger partial charge in [0, 0.05) is 24.0 Å². The van der Waals surface area contributed by atoms with Crippen molar-refractivity contribution >= 4 is 17.3 Å². The van der Waals surface area contributed by atoms with Gasteiger partial charge in [-0.2, -0.15) is 14.6 Å². The first-order valence-electron chi connectivity index (χ1n) is 6.99. The lowest BCUT2D eigenvalue weighted by atomic mass is 10.2. The third kappa shape index (κ3) is 2.71. The fourth-order valence-corrected chi connectivity index (χ4v) is 2.34. The highest BCUT2D eigenvalue weighted by molar-refractivity contribution is 5.62. The maximum atomic E-state index is 5.68. The minimum absolute atomic E-state index is 0.610. The number of hydrogen-bond acceptors (Lipinski definition) is 5. The Hall–Kier alpha value is -2.47. The van der Waals surface area contributed by atoms with Crippen molar-refractivity contribution in [2.24, 2.45) is 5.73 Å². The van der Waals surface area contributed by atoms with E-state index in [-0.39, 0.29) is 0 Å². The van der Waals surface area contributed by atoms with E-state index in [0.29, 0.717) is 12.3 Å². The number of anilines is 2. The summed E-state index contributed by atoms with van der Waals surface area (Å²) in [7, 11) is 0. The van der Waals surface area contributed by atoms with Crippen LogP contribution >= 0.6 is 0 Å². The summed E-state index contributed by atoms with van der Waals surface area (Å²) in [5.74, 6) is 1.56. The molecule has 108 valence electrons. The third-order valence-corrected chi connectivity index (χ3v) is 3.29. The van der Waals surface area contributed by atoms with Crippen LogP contribution in [-0.4, -0.2) is 32.7 Å². The van der Waals surface area contributed by atoms with Crippen LogP contribution in [0.15, 0.2) is 42.7 Å². The van der Waals surface area contributed by atoms with Gasteiger partial charge in [0.2, 0.25) is 0 Å². The first-order valence-corrected chi connectivity index (χ1v) is 6.99. The lowest BCUT2D eigenvalue weighted by Gasteiger charge is -2.25. The predicted molar refractivity (Wildman–Crippen MR) is 82.6 cm³/mol. The molecule has 0 saturated heterocycles. The first kappa shape index (κ1) is 13.5. The van der Waals surface area contributed by atoms with Crippen LogP contribution in [0.2, 0.25) is 0 Å². The van der Waals surface area contributed by atoms with E-state index in [1.165, 1.54) is 6.33 Å². The second-order valence-corrected chi connectivity index (χ2v) is 4.86. The zero-order valence-corrected chi connectivity index (χ0v) is 12.0. The molecule has 0 atom stereocenters. The minimum Gasteiger partial charge on any atom is -0.330 e. The van der Waals surface area contributed by atoms with E-state index in [0.717, 1.165) is 30.2 Å². The highest BCUT2D eigenvalue weighted by Crippen LogP contribution is 2.25. The SMILES string of the molecule is Cc1cc(N(CCCN)c2ccccc2)n2ncnc2n1. The molecule has 0 saturated carbocycles. The molecule has 1 aromatic carbocycles. The zero-order valence-electron chi connectivity index (χ0n) is 12.0. The molecule has 3 rings (SSSR count). The van der Waals surface area contributed by atoms with Gasteiger partial charge in [0.25, 0.3) is 5.78 Å². The van der Waals surface area contributed by atoms with Crippen molar-refractivity contribution in [1.29, 1.82) is 0 Å². The molecule has 6 heteroatoms. The molecule has 0 spiro atoms. The molecular weight excluding hydrogens is 264 g/mol. The highest BCUT2D eigenvalue weighted by Gasteiger charge is 2.14. The number of benzene rings is 1. The van der Waals surface area contributed by atoms with Gasteiger partial charge in [-0.1, -0.05) is 18.2 Å². The normalized spacial score (nSPS) is 11.0. The van der Waals surface area contributed by atoms with Crippen LogP contribution in [0.4, 0.5) is 11.5 Å². The summed E-state index contributed by atoms with van der Waals surface area (Å²) >= 11 is 0. The van der Waals surface area contributed by atoms with E-state index >= 15 is 0 Å². The summed E-state index contributed by atoms with van der Waals surface area (Å²) in [5, 5.41) is 4.28. The number of hydrogen-bond donors (Lipinski definition) is 1. The Morgan fingerprint density at radius 1 is 1.24 bits per heavy atom. The molecule has 2 aromatic heterocycles. The highest BCUT2D eigenvalue weighted by atomic mass is 15.4. The van der Waals surface area contributed by atoms with Gasteiger partial charge in [-0.15, -0.1) is 0 Å². The molecule has 0 aliphatic heterocycles. The maximum Gasteiger partial charge on any atom is 0.254 e. The molecular formula is C15H18N6. The van der Waals surface area contributed by atoms with Crippen molar-refractivity contribution in [2.45, 2.75) is 13.3 Å². The quantitative estimate of drug-likeness (QED) is 0.774. The number of fused-ring (bicyclic) bond motifs is 1. The molecule has 0 bridgehead atoms. The largest absolute Gasteiger partial charge is 0.330 e. The Balaban J connectivity index is 2.12. The molecule has 0 aliphatic rings.